The number of likely N-dealkylation sites (N-methyl/N-ethyl adjacent to an activating group) is 1. The molecule has 0 spiro atoms. The summed E-state index contributed by atoms with van der Waals surface area (Å²) in [5.41, 5.74) is 1.37. The molecule has 0 fully saturated rings. The van der Waals surface area contributed by atoms with Crippen molar-refractivity contribution in [1.29, 1.82) is 0 Å². The van der Waals surface area contributed by atoms with E-state index >= 15 is 0 Å². The third kappa shape index (κ3) is 3.26. The Labute approximate surface area is 175 Å². The van der Waals surface area contributed by atoms with Crippen LogP contribution in [-0.2, 0) is 0 Å². The number of carbonyl (C=O) groups excluding carboxylic acids is 1. The molecule has 28 heavy (non-hydrogen) atoms. The van der Waals surface area contributed by atoms with Crippen LogP contribution in [0.15, 0.2) is 56.1 Å². The minimum absolute atomic E-state index is 0.114. The van der Waals surface area contributed by atoms with E-state index in [1.807, 2.05) is 43.3 Å². The predicted octanol–water partition coefficient (Wildman–Crippen LogP) is 4.32. The van der Waals surface area contributed by atoms with Gasteiger partial charge in [-0.1, -0.05) is 39.7 Å². The van der Waals surface area contributed by atoms with Crippen LogP contribution in [0, 0.1) is 0 Å². The van der Waals surface area contributed by atoms with Gasteiger partial charge in [-0.2, -0.15) is 0 Å². The minimum atomic E-state index is -0.500. The molecule has 1 aliphatic heterocycles. The molecule has 1 atom stereocenters. The summed E-state index contributed by atoms with van der Waals surface area (Å²) in [7, 11) is 3.89. The molecule has 2 heterocycles. The van der Waals surface area contributed by atoms with Gasteiger partial charge in [-0.15, -0.1) is 0 Å². The number of carbonyl (C=O) groups is 1. The molecule has 0 aliphatic carbocycles. The van der Waals surface area contributed by atoms with Gasteiger partial charge in [-0.25, -0.2) is 0 Å². The zero-order valence-corrected chi connectivity index (χ0v) is 17.8. The quantitative estimate of drug-likeness (QED) is 0.581. The van der Waals surface area contributed by atoms with Crippen molar-refractivity contribution in [2.24, 2.45) is 0 Å². The number of hydrogen-bond donors (Lipinski definition) is 0. The average molecular weight is 462 g/mol. The van der Waals surface area contributed by atoms with Crippen LogP contribution < -0.4 is 5.43 Å². The van der Waals surface area contributed by atoms with Crippen molar-refractivity contribution in [2.45, 2.75) is 6.04 Å². The Hall–Kier alpha value is -2.15. The third-order valence-corrected chi connectivity index (χ3v) is 5.61. The van der Waals surface area contributed by atoms with E-state index in [9.17, 15) is 9.59 Å². The second-order valence-electron chi connectivity index (χ2n) is 7.07. The Morgan fingerprint density at radius 2 is 1.96 bits per heavy atom. The molecule has 0 unspecified atom stereocenters. The lowest BCUT2D eigenvalue weighted by atomic mass is 9.98. The van der Waals surface area contributed by atoms with Gasteiger partial charge in [-0.3, -0.25) is 9.59 Å². The SMILES string of the molecule is CN(C)CCN1C(=O)c2oc3ccc(Cl)cc3c(=O)c2[C@H]1c1cccc(Br)c1. The standard InChI is InChI=1S/C21H18BrClN2O3/c1-24(2)8-9-25-18(12-4-3-5-13(22)10-12)17-19(26)15-11-14(23)6-7-16(15)28-20(17)21(25)27/h3-7,10-11,18H,8-9H2,1-2H3/t18-/m1/s1. The zero-order valence-electron chi connectivity index (χ0n) is 15.4. The smallest absolute Gasteiger partial charge is 0.290 e. The highest BCUT2D eigenvalue weighted by atomic mass is 79.9. The van der Waals surface area contributed by atoms with Gasteiger partial charge in [0.15, 0.2) is 5.43 Å². The van der Waals surface area contributed by atoms with Crippen LogP contribution in [-0.4, -0.2) is 42.9 Å². The maximum absolute atomic E-state index is 13.4. The molecule has 4 rings (SSSR count). The van der Waals surface area contributed by atoms with Gasteiger partial charge in [-0.05, 0) is 50.0 Å². The highest BCUT2D eigenvalue weighted by Crippen LogP contribution is 2.38. The number of hydrogen-bond acceptors (Lipinski definition) is 4. The molecule has 1 amide bonds. The Morgan fingerprint density at radius 3 is 2.68 bits per heavy atom. The average Bonchev–Trinajstić information content (AvgIpc) is 2.93. The molecule has 3 aromatic rings. The summed E-state index contributed by atoms with van der Waals surface area (Å²) in [4.78, 5) is 30.2. The number of nitrogens with zero attached hydrogens (tertiary/aromatic N) is 2. The van der Waals surface area contributed by atoms with E-state index in [4.69, 9.17) is 16.0 Å². The van der Waals surface area contributed by atoms with Crippen LogP contribution in [0.4, 0.5) is 0 Å². The van der Waals surface area contributed by atoms with E-state index in [2.05, 4.69) is 15.9 Å². The van der Waals surface area contributed by atoms with Crippen LogP contribution >= 0.6 is 27.5 Å². The summed E-state index contributed by atoms with van der Waals surface area (Å²) in [5.74, 6) is -0.153. The normalized spacial score (nSPS) is 16.2. The van der Waals surface area contributed by atoms with E-state index in [1.54, 1.807) is 23.1 Å². The molecule has 0 bridgehead atoms. The summed E-state index contributed by atoms with van der Waals surface area (Å²) in [5, 5.41) is 0.834. The fraction of sp³-hybridized carbons (Fsp3) is 0.238. The topological polar surface area (TPSA) is 53.8 Å². The first kappa shape index (κ1) is 19.2. The van der Waals surface area contributed by atoms with Crippen molar-refractivity contribution in [3.05, 3.63) is 79.1 Å². The van der Waals surface area contributed by atoms with Crippen molar-refractivity contribution >= 4 is 44.4 Å². The van der Waals surface area contributed by atoms with Crippen LogP contribution in [0.3, 0.4) is 0 Å². The van der Waals surface area contributed by atoms with Gasteiger partial charge >= 0.3 is 0 Å². The molecule has 0 N–H and O–H groups in total. The molecule has 1 aliphatic rings. The predicted molar refractivity (Wildman–Crippen MR) is 113 cm³/mol. The highest BCUT2D eigenvalue weighted by Gasteiger charge is 2.42. The molecule has 0 saturated heterocycles. The minimum Gasteiger partial charge on any atom is -0.450 e. The van der Waals surface area contributed by atoms with E-state index in [0.29, 0.717) is 34.6 Å². The second kappa shape index (κ2) is 7.35. The van der Waals surface area contributed by atoms with Crippen molar-refractivity contribution < 1.29 is 9.21 Å². The summed E-state index contributed by atoms with van der Waals surface area (Å²) in [6.07, 6.45) is 0. The van der Waals surface area contributed by atoms with Gasteiger partial charge in [0.1, 0.15) is 5.58 Å². The van der Waals surface area contributed by atoms with E-state index < -0.39 is 6.04 Å². The molecule has 2 aromatic carbocycles. The summed E-state index contributed by atoms with van der Waals surface area (Å²) in [6.45, 7) is 1.15. The first-order valence-corrected chi connectivity index (χ1v) is 10.0. The number of fused-ring (bicyclic) bond motifs is 2. The number of rotatable bonds is 4. The highest BCUT2D eigenvalue weighted by molar-refractivity contribution is 9.10. The van der Waals surface area contributed by atoms with Gasteiger partial charge in [0.2, 0.25) is 5.76 Å². The lowest BCUT2D eigenvalue weighted by Gasteiger charge is -2.26. The second-order valence-corrected chi connectivity index (χ2v) is 8.43. The molecule has 1 aromatic heterocycles. The van der Waals surface area contributed by atoms with E-state index in [0.717, 1.165) is 10.0 Å². The Morgan fingerprint density at radius 1 is 1.18 bits per heavy atom. The molecule has 144 valence electrons. The summed E-state index contributed by atoms with van der Waals surface area (Å²) in [6, 6.07) is 12.0. The zero-order chi connectivity index (χ0) is 20.0. The van der Waals surface area contributed by atoms with E-state index in [1.165, 1.54) is 0 Å². The van der Waals surface area contributed by atoms with Gasteiger partial charge in [0.25, 0.3) is 5.91 Å². The first-order chi connectivity index (χ1) is 13.4. The number of halogens is 2. The van der Waals surface area contributed by atoms with Crippen LogP contribution in [0.5, 0.6) is 0 Å². The third-order valence-electron chi connectivity index (χ3n) is 4.88. The fourth-order valence-electron chi connectivity index (χ4n) is 3.55. The van der Waals surface area contributed by atoms with Crippen molar-refractivity contribution in [2.75, 3.05) is 27.2 Å². The van der Waals surface area contributed by atoms with E-state index in [-0.39, 0.29) is 17.1 Å². The number of amides is 1. The molecule has 7 heteroatoms. The molecular formula is C21H18BrClN2O3. The lowest BCUT2D eigenvalue weighted by molar-refractivity contribution is 0.0716. The first-order valence-electron chi connectivity index (χ1n) is 8.84. The van der Waals surface area contributed by atoms with Crippen molar-refractivity contribution in [3.8, 4) is 0 Å². The Kier molecular flexibility index (Phi) is 5.04. The molecular weight excluding hydrogens is 444 g/mol. The fourth-order valence-corrected chi connectivity index (χ4v) is 4.14. The largest absolute Gasteiger partial charge is 0.450 e. The van der Waals surface area contributed by atoms with Crippen LogP contribution in [0.25, 0.3) is 11.0 Å². The number of benzene rings is 2. The maximum Gasteiger partial charge on any atom is 0.290 e. The molecule has 0 saturated carbocycles. The van der Waals surface area contributed by atoms with Gasteiger partial charge < -0.3 is 14.2 Å². The summed E-state index contributed by atoms with van der Waals surface area (Å²) >= 11 is 9.57. The monoisotopic (exact) mass is 460 g/mol. The van der Waals surface area contributed by atoms with Crippen molar-refractivity contribution in [1.82, 2.24) is 9.80 Å². The Bertz CT molecular complexity index is 1140. The maximum atomic E-state index is 13.4. The van der Waals surface area contributed by atoms with Crippen LogP contribution in [0.2, 0.25) is 5.02 Å². The van der Waals surface area contributed by atoms with Crippen molar-refractivity contribution in [3.63, 3.8) is 0 Å². The van der Waals surface area contributed by atoms with Crippen LogP contribution in [0.1, 0.15) is 27.7 Å². The lowest BCUT2D eigenvalue weighted by Crippen LogP contribution is -2.35. The molecule has 5 nitrogen and oxygen atoms in total. The summed E-state index contributed by atoms with van der Waals surface area (Å²) < 4.78 is 6.78. The van der Waals surface area contributed by atoms with Gasteiger partial charge in [0.05, 0.1) is 17.0 Å². The Balaban J connectivity index is 1.96. The molecule has 0 radical (unpaired) electrons. The van der Waals surface area contributed by atoms with Gasteiger partial charge in [0, 0.05) is 22.6 Å².